The van der Waals surface area contributed by atoms with Crippen molar-refractivity contribution < 1.29 is 14.3 Å². The van der Waals surface area contributed by atoms with Gasteiger partial charge in [0.15, 0.2) is 5.78 Å². The fraction of sp³-hybridized carbons (Fsp3) is 0.300. The summed E-state index contributed by atoms with van der Waals surface area (Å²) < 4.78 is 5.23. The molecular weight excluding hydrogens is 316 g/mol. The van der Waals surface area contributed by atoms with Crippen LogP contribution in [0.2, 0.25) is 0 Å². The Bertz CT molecular complexity index is 788. The van der Waals surface area contributed by atoms with Crippen LogP contribution in [0.4, 0.5) is 0 Å². The van der Waals surface area contributed by atoms with Gasteiger partial charge < -0.3 is 4.74 Å². The van der Waals surface area contributed by atoms with Crippen molar-refractivity contribution in [3.05, 3.63) is 65.7 Å². The third-order valence-electron chi connectivity index (χ3n) is 5.08. The topological polar surface area (TPSA) is 49.9 Å². The Morgan fingerprint density at radius 1 is 1.08 bits per heavy atom. The van der Waals surface area contributed by atoms with Gasteiger partial charge in [-0.3, -0.25) is 14.6 Å². The molecule has 0 aliphatic carbocycles. The van der Waals surface area contributed by atoms with E-state index >= 15 is 0 Å². The third kappa shape index (κ3) is 2.70. The maximum atomic E-state index is 13.1. The van der Waals surface area contributed by atoms with Crippen LogP contribution in [-0.2, 0) is 4.79 Å². The van der Waals surface area contributed by atoms with E-state index < -0.39 is 0 Å². The molecule has 2 aliphatic heterocycles. The van der Waals surface area contributed by atoms with Crippen LogP contribution in [0, 0.1) is 5.92 Å². The average molecular weight is 336 g/mol. The van der Waals surface area contributed by atoms with Crippen molar-refractivity contribution in [3.8, 4) is 5.75 Å². The summed E-state index contributed by atoms with van der Waals surface area (Å²) in [5.74, 6) is 0.701. The van der Waals surface area contributed by atoms with Crippen molar-refractivity contribution in [1.82, 2.24) is 10.0 Å². The van der Waals surface area contributed by atoms with E-state index in [0.29, 0.717) is 25.1 Å². The number of Topliss-reactive ketones (excluding diaryl/α,β-unsaturated/α-hetero) is 1. The summed E-state index contributed by atoms with van der Waals surface area (Å²) in [6.07, 6.45) is 0.513. The second-order valence-electron chi connectivity index (χ2n) is 6.44. The lowest BCUT2D eigenvalue weighted by molar-refractivity contribution is -0.135. The summed E-state index contributed by atoms with van der Waals surface area (Å²) in [5, 5.41) is 3.80. The number of hydrogen-bond donors (Lipinski definition) is 0. The summed E-state index contributed by atoms with van der Waals surface area (Å²) in [6, 6.07) is 17.0. The fourth-order valence-electron chi connectivity index (χ4n) is 3.84. The molecule has 5 heteroatoms. The molecule has 2 unspecified atom stereocenters. The molecule has 1 amide bonds. The zero-order chi connectivity index (χ0) is 17.4. The van der Waals surface area contributed by atoms with Crippen LogP contribution >= 0.6 is 0 Å². The SMILES string of the molecule is COc1ccc(C2C(C(=O)c3ccccc3)CN3C(=O)CCN23)cc1. The highest BCUT2D eigenvalue weighted by molar-refractivity contribution is 5.99. The largest absolute Gasteiger partial charge is 0.497 e. The van der Waals surface area contributed by atoms with E-state index in [1.54, 1.807) is 12.1 Å². The van der Waals surface area contributed by atoms with Crippen LogP contribution in [0.1, 0.15) is 28.4 Å². The number of ether oxygens (including phenoxy) is 1. The summed E-state index contributed by atoms with van der Waals surface area (Å²) in [6.45, 7) is 1.11. The highest BCUT2D eigenvalue weighted by Gasteiger charge is 2.49. The number of ketones is 1. The standard InChI is InChI=1S/C20H20N2O3/c1-25-16-9-7-14(8-10-16)19-17(13-22-18(23)11-12-21(19)22)20(24)15-5-3-2-4-6-15/h2-10,17,19H,11-13H2,1H3. The Labute approximate surface area is 146 Å². The number of methoxy groups -OCH3 is 1. The molecule has 0 bridgehead atoms. The molecule has 2 heterocycles. The van der Waals surface area contributed by atoms with Gasteiger partial charge in [-0.2, -0.15) is 0 Å². The number of rotatable bonds is 4. The summed E-state index contributed by atoms with van der Waals surface area (Å²) >= 11 is 0. The van der Waals surface area contributed by atoms with Crippen molar-refractivity contribution in [2.45, 2.75) is 12.5 Å². The van der Waals surface area contributed by atoms with E-state index in [0.717, 1.165) is 11.3 Å². The number of amides is 1. The molecule has 2 aromatic carbocycles. The Kier molecular flexibility index (Phi) is 4.01. The molecule has 0 N–H and O–H groups in total. The lowest BCUT2D eigenvalue weighted by atomic mass is 9.87. The Morgan fingerprint density at radius 2 is 1.80 bits per heavy atom. The first-order valence-electron chi connectivity index (χ1n) is 8.49. The smallest absolute Gasteiger partial charge is 0.238 e. The first-order valence-corrected chi connectivity index (χ1v) is 8.49. The van der Waals surface area contributed by atoms with E-state index in [9.17, 15) is 9.59 Å². The maximum absolute atomic E-state index is 13.1. The zero-order valence-corrected chi connectivity index (χ0v) is 14.1. The monoisotopic (exact) mass is 336 g/mol. The van der Waals surface area contributed by atoms with Gasteiger partial charge in [-0.1, -0.05) is 42.5 Å². The minimum atomic E-state index is -0.264. The zero-order valence-electron chi connectivity index (χ0n) is 14.1. The van der Waals surface area contributed by atoms with Gasteiger partial charge in [-0.15, -0.1) is 0 Å². The van der Waals surface area contributed by atoms with Gasteiger partial charge in [-0.25, -0.2) is 5.01 Å². The molecule has 4 rings (SSSR count). The number of nitrogens with zero attached hydrogens (tertiary/aromatic N) is 2. The minimum Gasteiger partial charge on any atom is -0.497 e. The van der Waals surface area contributed by atoms with Crippen LogP contribution in [0.25, 0.3) is 0 Å². The van der Waals surface area contributed by atoms with Crippen molar-refractivity contribution in [2.75, 3.05) is 20.2 Å². The number of hydrogen-bond acceptors (Lipinski definition) is 4. The highest BCUT2D eigenvalue weighted by Crippen LogP contribution is 2.41. The number of fused-ring (bicyclic) bond motifs is 1. The second-order valence-corrected chi connectivity index (χ2v) is 6.44. The Balaban J connectivity index is 1.71. The van der Waals surface area contributed by atoms with E-state index in [1.807, 2.05) is 54.6 Å². The van der Waals surface area contributed by atoms with Crippen molar-refractivity contribution in [1.29, 1.82) is 0 Å². The quantitative estimate of drug-likeness (QED) is 0.806. The van der Waals surface area contributed by atoms with Crippen molar-refractivity contribution >= 4 is 11.7 Å². The molecule has 5 nitrogen and oxygen atoms in total. The number of hydrazine groups is 1. The molecule has 2 aliphatic rings. The Hall–Kier alpha value is -2.66. The average Bonchev–Trinajstić information content (AvgIpc) is 3.22. The van der Waals surface area contributed by atoms with Crippen LogP contribution < -0.4 is 4.74 Å². The lowest BCUT2D eigenvalue weighted by Crippen LogP contribution is -2.33. The first-order chi connectivity index (χ1) is 12.2. The summed E-state index contributed by atoms with van der Waals surface area (Å²) in [5.41, 5.74) is 1.73. The first kappa shape index (κ1) is 15.8. The van der Waals surface area contributed by atoms with E-state index in [1.165, 1.54) is 0 Å². The highest BCUT2D eigenvalue weighted by atomic mass is 16.5. The molecule has 2 aromatic rings. The van der Waals surface area contributed by atoms with Gasteiger partial charge in [0.1, 0.15) is 5.75 Å². The number of carbonyl (C=O) groups excluding carboxylic acids is 2. The predicted octanol–water partition coefficient (Wildman–Crippen LogP) is 2.70. The van der Waals surface area contributed by atoms with Crippen molar-refractivity contribution in [3.63, 3.8) is 0 Å². The molecule has 0 aromatic heterocycles. The fourth-order valence-corrected chi connectivity index (χ4v) is 3.84. The van der Waals surface area contributed by atoms with Crippen LogP contribution in [0.3, 0.4) is 0 Å². The van der Waals surface area contributed by atoms with Crippen LogP contribution in [-0.4, -0.2) is 41.9 Å². The maximum Gasteiger partial charge on any atom is 0.238 e. The number of benzene rings is 2. The van der Waals surface area contributed by atoms with Gasteiger partial charge in [0, 0.05) is 25.1 Å². The van der Waals surface area contributed by atoms with Gasteiger partial charge >= 0.3 is 0 Å². The Morgan fingerprint density at radius 3 is 2.48 bits per heavy atom. The molecule has 128 valence electrons. The minimum absolute atomic E-state index is 0.0867. The molecule has 2 atom stereocenters. The van der Waals surface area contributed by atoms with Gasteiger partial charge in [-0.05, 0) is 17.7 Å². The summed E-state index contributed by atoms with van der Waals surface area (Å²) in [7, 11) is 1.63. The van der Waals surface area contributed by atoms with Crippen LogP contribution in [0.15, 0.2) is 54.6 Å². The molecule has 2 fully saturated rings. The predicted molar refractivity (Wildman–Crippen MR) is 93.0 cm³/mol. The van der Waals surface area contributed by atoms with Crippen molar-refractivity contribution in [2.24, 2.45) is 5.92 Å². The number of carbonyl (C=O) groups is 2. The molecular formula is C20H20N2O3. The molecule has 25 heavy (non-hydrogen) atoms. The molecule has 0 saturated carbocycles. The summed E-state index contributed by atoms with van der Waals surface area (Å²) in [4.78, 5) is 25.3. The van der Waals surface area contributed by atoms with Gasteiger partial charge in [0.05, 0.1) is 19.1 Å². The van der Waals surface area contributed by atoms with E-state index in [4.69, 9.17) is 4.74 Å². The van der Waals surface area contributed by atoms with Gasteiger partial charge in [0.25, 0.3) is 0 Å². The lowest BCUT2D eigenvalue weighted by Gasteiger charge is -2.26. The van der Waals surface area contributed by atoms with E-state index in [2.05, 4.69) is 5.01 Å². The van der Waals surface area contributed by atoms with Gasteiger partial charge in [0.2, 0.25) is 5.91 Å². The third-order valence-corrected chi connectivity index (χ3v) is 5.08. The van der Waals surface area contributed by atoms with E-state index in [-0.39, 0.29) is 23.7 Å². The molecule has 0 radical (unpaired) electrons. The molecule has 2 saturated heterocycles. The normalized spacial score (nSPS) is 22.9. The van der Waals surface area contributed by atoms with Crippen LogP contribution in [0.5, 0.6) is 5.75 Å². The second kappa shape index (κ2) is 6.33. The molecule has 0 spiro atoms.